The fourth-order valence-electron chi connectivity index (χ4n) is 5.89. The Morgan fingerprint density at radius 1 is 1.09 bits per heavy atom. The molecule has 2 aromatic carbocycles. The minimum atomic E-state index is -0.842. The maximum absolute atomic E-state index is 13.2. The maximum atomic E-state index is 13.2. The van der Waals surface area contributed by atoms with E-state index in [0.29, 0.717) is 13.0 Å². The number of hydrogen-bond donors (Lipinski definition) is 2. The van der Waals surface area contributed by atoms with Crippen LogP contribution >= 0.6 is 0 Å². The normalized spacial score (nSPS) is 23.0. The monoisotopic (exact) mass is 462 g/mol. The van der Waals surface area contributed by atoms with Crippen LogP contribution in [0.5, 0.6) is 0 Å². The summed E-state index contributed by atoms with van der Waals surface area (Å²) in [6.45, 7) is 2.67. The Kier molecular flexibility index (Phi) is 6.02. The predicted molar refractivity (Wildman–Crippen MR) is 126 cm³/mol. The molecular formula is C27H30N2O5. The molecule has 2 amide bonds. The first kappa shape index (κ1) is 22.4. The van der Waals surface area contributed by atoms with E-state index in [0.717, 1.165) is 41.5 Å². The van der Waals surface area contributed by atoms with E-state index >= 15 is 0 Å². The number of nitrogens with one attached hydrogen (secondary N) is 1. The zero-order chi connectivity index (χ0) is 23.8. The molecule has 2 bridgehead atoms. The lowest BCUT2D eigenvalue weighted by molar-refractivity contribution is -0.148. The average Bonchev–Trinajstić information content (AvgIpc) is 3.50. The van der Waals surface area contributed by atoms with Crippen LogP contribution < -0.4 is 5.32 Å². The van der Waals surface area contributed by atoms with Gasteiger partial charge in [0.1, 0.15) is 12.6 Å². The molecule has 3 fully saturated rings. The molecule has 2 N–H and O–H groups in total. The zero-order valence-corrected chi connectivity index (χ0v) is 19.3. The summed E-state index contributed by atoms with van der Waals surface area (Å²) in [4.78, 5) is 39.2. The number of ether oxygens (including phenoxy) is 1. The highest BCUT2D eigenvalue weighted by molar-refractivity contribution is 5.88. The Morgan fingerprint density at radius 3 is 2.32 bits per heavy atom. The zero-order valence-electron chi connectivity index (χ0n) is 19.3. The van der Waals surface area contributed by atoms with E-state index in [4.69, 9.17) is 4.74 Å². The number of carbonyl (C=O) groups is 3. The molecule has 2 heterocycles. The van der Waals surface area contributed by atoms with Crippen molar-refractivity contribution in [3.05, 3.63) is 59.7 Å². The van der Waals surface area contributed by atoms with Crippen molar-refractivity contribution in [2.24, 2.45) is 11.8 Å². The van der Waals surface area contributed by atoms with Gasteiger partial charge in [-0.15, -0.1) is 0 Å². The second kappa shape index (κ2) is 9.12. The fraction of sp³-hybridized carbons (Fsp3) is 0.444. The molecule has 178 valence electrons. The van der Waals surface area contributed by atoms with Crippen molar-refractivity contribution < 1.29 is 24.2 Å². The van der Waals surface area contributed by atoms with Crippen LogP contribution in [0.3, 0.4) is 0 Å². The van der Waals surface area contributed by atoms with Gasteiger partial charge in [-0.1, -0.05) is 68.3 Å². The van der Waals surface area contributed by atoms with Gasteiger partial charge in [-0.25, -0.2) is 4.79 Å². The van der Waals surface area contributed by atoms with Crippen LogP contribution in [-0.2, 0) is 14.3 Å². The van der Waals surface area contributed by atoms with Crippen LogP contribution in [0.25, 0.3) is 11.1 Å². The molecule has 4 unspecified atom stereocenters. The first-order valence-electron chi connectivity index (χ1n) is 12.1. The van der Waals surface area contributed by atoms with Gasteiger partial charge in [-0.05, 0) is 41.0 Å². The van der Waals surface area contributed by atoms with E-state index in [-0.39, 0.29) is 30.4 Å². The Morgan fingerprint density at radius 2 is 1.74 bits per heavy atom. The highest BCUT2D eigenvalue weighted by atomic mass is 16.5. The number of benzene rings is 2. The van der Waals surface area contributed by atoms with Crippen LogP contribution in [0.15, 0.2) is 48.5 Å². The first-order valence-corrected chi connectivity index (χ1v) is 12.1. The van der Waals surface area contributed by atoms with Crippen molar-refractivity contribution in [3.63, 3.8) is 0 Å². The van der Waals surface area contributed by atoms with Crippen LogP contribution in [0, 0.1) is 11.8 Å². The number of carbonyl (C=O) groups excluding carboxylic acids is 2. The number of amides is 2. The third-order valence-corrected chi connectivity index (χ3v) is 7.65. The van der Waals surface area contributed by atoms with Crippen molar-refractivity contribution in [1.29, 1.82) is 0 Å². The average molecular weight is 463 g/mol. The van der Waals surface area contributed by atoms with Crippen molar-refractivity contribution in [2.75, 3.05) is 13.2 Å². The van der Waals surface area contributed by atoms with Gasteiger partial charge in [0.05, 0.1) is 5.92 Å². The summed E-state index contributed by atoms with van der Waals surface area (Å²) in [5.41, 5.74) is 4.58. The van der Waals surface area contributed by atoms with Gasteiger partial charge >= 0.3 is 12.1 Å². The highest BCUT2D eigenvalue weighted by Gasteiger charge is 2.57. The molecule has 0 spiro atoms. The molecular weight excluding hydrogens is 432 g/mol. The van der Waals surface area contributed by atoms with Crippen molar-refractivity contribution in [2.45, 2.75) is 50.6 Å². The summed E-state index contributed by atoms with van der Waals surface area (Å²) < 4.78 is 5.64. The number of carboxylic acid groups (broad SMARTS) is 1. The van der Waals surface area contributed by atoms with Gasteiger partial charge in [-0.3, -0.25) is 9.59 Å². The van der Waals surface area contributed by atoms with Gasteiger partial charge in [0.25, 0.3) is 0 Å². The Labute approximate surface area is 199 Å². The third-order valence-electron chi connectivity index (χ3n) is 7.65. The lowest BCUT2D eigenvalue weighted by Crippen LogP contribution is -2.52. The Balaban J connectivity index is 1.24. The van der Waals surface area contributed by atoms with Gasteiger partial charge < -0.3 is 20.1 Å². The standard InChI is InChI=1S/C27H30N2O5/c1-2-3-12-22(25(30)29-14-16-13-23(29)24(16)26(31)32)28-27(33)34-15-21-19-10-6-4-8-17(19)18-9-5-7-11-20(18)21/h4-11,16,21-24H,2-3,12-15H2,1H3,(H,28,33)(H,31,32). The largest absolute Gasteiger partial charge is 0.481 e. The molecule has 7 nitrogen and oxygen atoms in total. The third kappa shape index (κ3) is 3.83. The van der Waals surface area contributed by atoms with Gasteiger partial charge in [0.2, 0.25) is 5.91 Å². The molecule has 34 heavy (non-hydrogen) atoms. The van der Waals surface area contributed by atoms with Crippen molar-refractivity contribution in [1.82, 2.24) is 10.2 Å². The molecule has 2 aromatic rings. The summed E-state index contributed by atoms with van der Waals surface area (Å²) >= 11 is 0. The molecule has 2 saturated heterocycles. The molecule has 2 aliphatic heterocycles. The quantitative estimate of drug-likeness (QED) is 0.618. The van der Waals surface area contributed by atoms with Crippen molar-refractivity contribution in [3.8, 4) is 11.1 Å². The van der Waals surface area contributed by atoms with Crippen LogP contribution in [-0.4, -0.2) is 53.2 Å². The summed E-state index contributed by atoms with van der Waals surface area (Å²) in [6.07, 6.45) is 2.29. The summed E-state index contributed by atoms with van der Waals surface area (Å²) in [6, 6.07) is 15.3. The minimum absolute atomic E-state index is 0.0210. The number of unbranched alkanes of at least 4 members (excludes halogenated alkanes) is 1. The Bertz CT molecular complexity index is 1070. The minimum Gasteiger partial charge on any atom is -0.481 e. The molecule has 7 heteroatoms. The predicted octanol–water partition coefficient (Wildman–Crippen LogP) is 4.02. The number of nitrogens with zero attached hydrogens (tertiary/aromatic N) is 1. The number of carboxylic acids is 1. The van der Waals surface area contributed by atoms with Crippen LogP contribution in [0.4, 0.5) is 4.79 Å². The fourth-order valence-corrected chi connectivity index (χ4v) is 5.89. The maximum Gasteiger partial charge on any atom is 0.407 e. The molecule has 6 rings (SSSR count). The summed E-state index contributed by atoms with van der Waals surface area (Å²) in [5.74, 6) is -1.55. The number of alkyl carbamates (subject to hydrolysis) is 1. The van der Waals surface area contributed by atoms with Gasteiger partial charge in [0, 0.05) is 18.5 Å². The van der Waals surface area contributed by atoms with E-state index in [1.807, 2.05) is 31.2 Å². The molecule has 0 radical (unpaired) electrons. The van der Waals surface area contributed by atoms with E-state index < -0.39 is 24.0 Å². The van der Waals surface area contributed by atoms with E-state index in [1.54, 1.807) is 4.90 Å². The number of fused-ring (bicyclic) bond motifs is 4. The van der Waals surface area contributed by atoms with Crippen LogP contribution in [0.1, 0.15) is 49.7 Å². The molecule has 4 atom stereocenters. The summed E-state index contributed by atoms with van der Waals surface area (Å²) in [5, 5.41) is 12.2. The van der Waals surface area contributed by atoms with Gasteiger partial charge in [-0.2, -0.15) is 0 Å². The summed E-state index contributed by atoms with van der Waals surface area (Å²) in [7, 11) is 0. The topological polar surface area (TPSA) is 95.9 Å². The molecule has 0 aromatic heterocycles. The number of aliphatic carboxylic acids is 1. The lowest BCUT2D eigenvalue weighted by Gasteiger charge is -2.34. The van der Waals surface area contributed by atoms with E-state index in [9.17, 15) is 19.5 Å². The van der Waals surface area contributed by atoms with Crippen molar-refractivity contribution >= 4 is 18.0 Å². The second-order valence-electron chi connectivity index (χ2n) is 9.58. The van der Waals surface area contributed by atoms with E-state index in [2.05, 4.69) is 29.6 Å². The first-order chi connectivity index (χ1) is 16.5. The SMILES string of the molecule is CCCCC(NC(=O)OCC1c2ccccc2-c2ccccc21)C(=O)N1CC2CC1C2C(=O)O. The highest BCUT2D eigenvalue weighted by Crippen LogP contribution is 2.47. The van der Waals surface area contributed by atoms with E-state index in [1.165, 1.54) is 0 Å². The Hall–Kier alpha value is -3.35. The second-order valence-corrected chi connectivity index (χ2v) is 9.58. The number of hydrogen-bond acceptors (Lipinski definition) is 4. The number of rotatable bonds is 8. The molecule has 4 aliphatic rings. The lowest BCUT2D eigenvalue weighted by atomic mass is 9.74. The van der Waals surface area contributed by atoms with Crippen LogP contribution in [0.2, 0.25) is 0 Å². The smallest absolute Gasteiger partial charge is 0.407 e. The molecule has 1 saturated carbocycles. The molecule has 2 aliphatic carbocycles. The van der Waals surface area contributed by atoms with Gasteiger partial charge in [0.15, 0.2) is 0 Å².